The summed E-state index contributed by atoms with van der Waals surface area (Å²) in [7, 11) is 1.65. The Labute approximate surface area is 136 Å². The third kappa shape index (κ3) is 2.85. The van der Waals surface area contributed by atoms with E-state index in [0.717, 1.165) is 43.5 Å². The minimum absolute atomic E-state index is 0.0166. The van der Waals surface area contributed by atoms with Crippen molar-refractivity contribution in [2.75, 3.05) is 7.11 Å². The lowest BCUT2D eigenvalue weighted by molar-refractivity contribution is -0.140. The van der Waals surface area contributed by atoms with Gasteiger partial charge in [-0.25, -0.2) is 0 Å². The van der Waals surface area contributed by atoms with Crippen LogP contribution in [0.15, 0.2) is 24.3 Å². The Bertz CT molecular complexity index is 620. The molecule has 1 saturated heterocycles. The molecule has 1 aromatic carbocycles. The molecule has 0 bridgehead atoms. The van der Waals surface area contributed by atoms with Crippen molar-refractivity contribution in [1.82, 2.24) is 9.80 Å². The molecular formula is C18H22N2O3. The van der Waals surface area contributed by atoms with E-state index >= 15 is 0 Å². The molecule has 4 rings (SSSR count). The summed E-state index contributed by atoms with van der Waals surface area (Å²) < 4.78 is 5.19. The van der Waals surface area contributed by atoms with Crippen LogP contribution in [0.25, 0.3) is 0 Å². The lowest BCUT2D eigenvalue weighted by atomic mass is 10.1. The predicted octanol–water partition coefficient (Wildman–Crippen LogP) is 1.95. The van der Waals surface area contributed by atoms with Crippen LogP contribution in [0.1, 0.15) is 37.7 Å². The van der Waals surface area contributed by atoms with Crippen molar-refractivity contribution in [2.24, 2.45) is 0 Å². The first-order valence-electron chi connectivity index (χ1n) is 8.42. The van der Waals surface area contributed by atoms with Crippen LogP contribution in [0.4, 0.5) is 0 Å². The molecule has 1 atom stereocenters. The Hall–Kier alpha value is -1.88. The van der Waals surface area contributed by atoms with E-state index in [-0.39, 0.29) is 23.9 Å². The van der Waals surface area contributed by atoms with Gasteiger partial charge >= 0.3 is 0 Å². The van der Waals surface area contributed by atoms with E-state index in [1.165, 1.54) is 4.90 Å². The minimum Gasteiger partial charge on any atom is -0.497 e. The molecule has 1 aliphatic heterocycles. The highest BCUT2D eigenvalue weighted by Crippen LogP contribution is 2.37. The van der Waals surface area contributed by atoms with Crippen molar-refractivity contribution < 1.29 is 14.3 Å². The number of nitrogens with zero attached hydrogens (tertiary/aromatic N) is 2. The smallest absolute Gasteiger partial charge is 0.247 e. The molecule has 2 saturated carbocycles. The van der Waals surface area contributed by atoms with Gasteiger partial charge in [-0.2, -0.15) is 0 Å². The number of imide groups is 1. The summed E-state index contributed by atoms with van der Waals surface area (Å²) in [6.07, 6.45) is 4.55. The van der Waals surface area contributed by atoms with Crippen molar-refractivity contribution >= 4 is 11.8 Å². The average Bonchev–Trinajstić information content (AvgIpc) is 3.45. The number of likely N-dealkylation sites (tertiary alicyclic amines) is 1. The molecule has 122 valence electrons. The van der Waals surface area contributed by atoms with Crippen LogP contribution >= 0.6 is 0 Å². The number of rotatable bonds is 6. The maximum absolute atomic E-state index is 12.7. The maximum Gasteiger partial charge on any atom is 0.247 e. The van der Waals surface area contributed by atoms with Crippen molar-refractivity contribution in [3.63, 3.8) is 0 Å². The Balaban J connectivity index is 1.51. The molecule has 1 aromatic rings. The number of hydrogen-bond donors (Lipinski definition) is 0. The van der Waals surface area contributed by atoms with Crippen LogP contribution in [-0.4, -0.2) is 46.8 Å². The zero-order chi connectivity index (χ0) is 16.0. The van der Waals surface area contributed by atoms with Crippen LogP contribution in [-0.2, 0) is 16.1 Å². The number of carbonyl (C=O) groups is 2. The fourth-order valence-corrected chi connectivity index (χ4v) is 3.45. The Morgan fingerprint density at radius 3 is 2.39 bits per heavy atom. The topological polar surface area (TPSA) is 49.9 Å². The van der Waals surface area contributed by atoms with E-state index in [4.69, 9.17) is 4.74 Å². The summed E-state index contributed by atoms with van der Waals surface area (Å²) in [6.45, 7) is 0.719. The average molecular weight is 314 g/mol. The van der Waals surface area contributed by atoms with Gasteiger partial charge in [-0.15, -0.1) is 0 Å². The van der Waals surface area contributed by atoms with Gasteiger partial charge in [-0.3, -0.25) is 19.4 Å². The third-order valence-electron chi connectivity index (χ3n) is 5.01. The Morgan fingerprint density at radius 2 is 1.83 bits per heavy atom. The van der Waals surface area contributed by atoms with Gasteiger partial charge in [-0.05, 0) is 43.4 Å². The van der Waals surface area contributed by atoms with E-state index in [1.54, 1.807) is 7.11 Å². The monoisotopic (exact) mass is 314 g/mol. The van der Waals surface area contributed by atoms with Crippen LogP contribution in [0.2, 0.25) is 0 Å². The summed E-state index contributed by atoms with van der Waals surface area (Å²) in [5, 5.41) is 0. The minimum atomic E-state index is -0.266. The van der Waals surface area contributed by atoms with Crippen molar-refractivity contribution in [3.8, 4) is 5.75 Å². The van der Waals surface area contributed by atoms with Gasteiger partial charge < -0.3 is 4.74 Å². The van der Waals surface area contributed by atoms with Gasteiger partial charge in [0.15, 0.2) is 0 Å². The van der Waals surface area contributed by atoms with Gasteiger partial charge in [0.05, 0.1) is 19.6 Å². The van der Waals surface area contributed by atoms with E-state index in [9.17, 15) is 9.59 Å². The summed E-state index contributed by atoms with van der Waals surface area (Å²) in [4.78, 5) is 28.7. The molecule has 0 spiro atoms. The standard InChI is InChI=1S/C18H22N2O3/c1-23-15-8-2-12(3-9-15)11-19(13-4-5-13)16-10-17(21)20(18(16)22)14-6-7-14/h2-3,8-9,13-14,16H,4-7,10-11H2,1H3/t16-/m1/s1. The first-order chi connectivity index (χ1) is 11.2. The highest BCUT2D eigenvalue weighted by molar-refractivity contribution is 6.06. The number of hydrogen-bond acceptors (Lipinski definition) is 4. The molecule has 5 heteroatoms. The van der Waals surface area contributed by atoms with Crippen LogP contribution in [0, 0.1) is 0 Å². The molecule has 0 aromatic heterocycles. The molecule has 0 unspecified atom stereocenters. The van der Waals surface area contributed by atoms with E-state index in [2.05, 4.69) is 4.90 Å². The molecule has 23 heavy (non-hydrogen) atoms. The first kappa shape index (κ1) is 14.7. The quantitative estimate of drug-likeness (QED) is 0.753. The van der Waals surface area contributed by atoms with Crippen molar-refractivity contribution in [3.05, 3.63) is 29.8 Å². The first-order valence-corrected chi connectivity index (χ1v) is 8.42. The van der Waals surface area contributed by atoms with E-state index in [1.807, 2.05) is 24.3 Å². The summed E-state index contributed by atoms with van der Waals surface area (Å²) in [5.41, 5.74) is 1.16. The van der Waals surface area contributed by atoms with E-state index < -0.39 is 0 Å². The predicted molar refractivity (Wildman–Crippen MR) is 84.8 cm³/mol. The highest BCUT2D eigenvalue weighted by Gasteiger charge is 2.50. The molecular weight excluding hydrogens is 292 g/mol. The Kier molecular flexibility index (Phi) is 3.60. The lowest BCUT2D eigenvalue weighted by Gasteiger charge is -2.27. The molecule has 0 radical (unpaired) electrons. The summed E-state index contributed by atoms with van der Waals surface area (Å²) in [6, 6.07) is 8.32. The third-order valence-corrected chi connectivity index (χ3v) is 5.01. The fraction of sp³-hybridized carbons (Fsp3) is 0.556. The van der Waals surface area contributed by atoms with Gasteiger partial charge in [0.1, 0.15) is 5.75 Å². The number of methoxy groups -OCH3 is 1. The van der Waals surface area contributed by atoms with Crippen LogP contribution in [0.3, 0.4) is 0 Å². The number of benzene rings is 1. The van der Waals surface area contributed by atoms with E-state index in [0.29, 0.717) is 12.5 Å². The fourth-order valence-electron chi connectivity index (χ4n) is 3.45. The SMILES string of the molecule is COc1ccc(CN(C2CC2)[C@@H]2CC(=O)N(C3CC3)C2=O)cc1. The normalized spacial score (nSPS) is 24.6. The second kappa shape index (κ2) is 5.64. The summed E-state index contributed by atoms with van der Waals surface area (Å²) in [5.74, 6) is 0.875. The van der Waals surface area contributed by atoms with Crippen LogP contribution < -0.4 is 4.74 Å². The highest BCUT2D eigenvalue weighted by atomic mass is 16.5. The van der Waals surface area contributed by atoms with Gasteiger partial charge in [0.2, 0.25) is 11.8 Å². The largest absolute Gasteiger partial charge is 0.497 e. The zero-order valence-corrected chi connectivity index (χ0v) is 13.4. The molecule has 2 amide bonds. The van der Waals surface area contributed by atoms with Crippen molar-refractivity contribution in [1.29, 1.82) is 0 Å². The Morgan fingerprint density at radius 1 is 1.13 bits per heavy atom. The number of carbonyl (C=O) groups excluding carboxylic acids is 2. The van der Waals surface area contributed by atoms with Crippen LogP contribution in [0.5, 0.6) is 5.75 Å². The molecule has 5 nitrogen and oxygen atoms in total. The molecule has 0 N–H and O–H groups in total. The van der Waals surface area contributed by atoms with Gasteiger partial charge in [-0.1, -0.05) is 12.1 Å². The lowest BCUT2D eigenvalue weighted by Crippen LogP contribution is -2.43. The van der Waals surface area contributed by atoms with Crippen molar-refractivity contribution in [2.45, 2.75) is 56.8 Å². The molecule has 3 fully saturated rings. The van der Waals surface area contributed by atoms with Gasteiger partial charge in [0.25, 0.3) is 0 Å². The zero-order valence-electron chi connectivity index (χ0n) is 13.4. The molecule has 3 aliphatic rings. The maximum atomic E-state index is 12.7. The summed E-state index contributed by atoms with van der Waals surface area (Å²) >= 11 is 0. The second-order valence-electron chi connectivity index (χ2n) is 6.80. The molecule has 2 aliphatic carbocycles. The number of amides is 2. The number of ether oxygens (including phenoxy) is 1. The second-order valence-corrected chi connectivity index (χ2v) is 6.80. The van der Waals surface area contributed by atoms with Gasteiger partial charge in [0, 0.05) is 18.6 Å². The molecule has 1 heterocycles.